The second kappa shape index (κ2) is 6.36. The molecule has 108 valence electrons. The van der Waals surface area contributed by atoms with Gasteiger partial charge in [-0.15, -0.1) is 0 Å². The third kappa shape index (κ3) is 3.46. The molecule has 0 aliphatic carbocycles. The third-order valence-corrected chi connectivity index (χ3v) is 4.36. The molecule has 0 amide bonds. The van der Waals surface area contributed by atoms with Gasteiger partial charge in [0, 0.05) is 31.8 Å². The van der Waals surface area contributed by atoms with Crippen molar-refractivity contribution in [1.82, 2.24) is 4.31 Å². The summed E-state index contributed by atoms with van der Waals surface area (Å²) in [7, 11) is -4.37. The van der Waals surface area contributed by atoms with E-state index in [2.05, 4.69) is 0 Å². The van der Waals surface area contributed by atoms with E-state index in [1.807, 2.05) is 0 Å². The first-order valence-corrected chi connectivity index (χ1v) is 7.13. The van der Waals surface area contributed by atoms with Crippen molar-refractivity contribution in [2.24, 2.45) is 5.73 Å². The van der Waals surface area contributed by atoms with Gasteiger partial charge in [-0.25, -0.2) is 21.6 Å². The Morgan fingerprint density at radius 1 is 1.16 bits per heavy atom. The highest BCUT2D eigenvalue weighted by Gasteiger charge is 2.30. The van der Waals surface area contributed by atoms with E-state index < -0.39 is 32.4 Å². The largest absolute Gasteiger partial charge is 0.329 e. The first-order chi connectivity index (χ1) is 8.84. The summed E-state index contributed by atoms with van der Waals surface area (Å²) in [6, 6.07) is 0.672. The number of hydrogen-bond donors (Lipinski definition) is 1. The summed E-state index contributed by atoms with van der Waals surface area (Å²) >= 11 is 0. The Balaban J connectivity index is 3.33. The molecule has 0 saturated heterocycles. The van der Waals surface area contributed by atoms with Crippen molar-refractivity contribution in [3.8, 4) is 0 Å². The SMILES string of the molecule is CCCN(CCN)S(=O)(=O)c1c(F)cc(F)cc1F. The summed E-state index contributed by atoms with van der Waals surface area (Å²) in [5, 5.41) is 0. The Bertz CT molecular complexity index is 520. The summed E-state index contributed by atoms with van der Waals surface area (Å²) in [4.78, 5) is -1.14. The summed E-state index contributed by atoms with van der Waals surface area (Å²) in [6.45, 7) is 1.75. The van der Waals surface area contributed by atoms with E-state index in [0.29, 0.717) is 18.6 Å². The van der Waals surface area contributed by atoms with Gasteiger partial charge in [-0.2, -0.15) is 4.31 Å². The fourth-order valence-electron chi connectivity index (χ4n) is 1.65. The number of nitrogens with zero attached hydrogens (tertiary/aromatic N) is 1. The van der Waals surface area contributed by atoms with Crippen LogP contribution in [0.25, 0.3) is 0 Å². The maximum absolute atomic E-state index is 13.5. The predicted molar refractivity (Wildman–Crippen MR) is 64.4 cm³/mol. The molecule has 0 heterocycles. The molecular formula is C11H15F3N2O2S. The Kier molecular flexibility index (Phi) is 5.33. The highest BCUT2D eigenvalue weighted by molar-refractivity contribution is 7.89. The quantitative estimate of drug-likeness (QED) is 0.864. The number of sulfonamides is 1. The summed E-state index contributed by atoms with van der Waals surface area (Å²) < 4.78 is 65.0. The van der Waals surface area contributed by atoms with Crippen molar-refractivity contribution in [3.63, 3.8) is 0 Å². The minimum absolute atomic E-state index is 0.0175. The van der Waals surface area contributed by atoms with Gasteiger partial charge in [-0.05, 0) is 6.42 Å². The molecule has 0 atom stereocenters. The molecular weight excluding hydrogens is 281 g/mol. The van der Waals surface area contributed by atoms with Crippen LogP contribution in [0.15, 0.2) is 17.0 Å². The molecule has 0 spiro atoms. The lowest BCUT2D eigenvalue weighted by Crippen LogP contribution is -2.36. The monoisotopic (exact) mass is 296 g/mol. The van der Waals surface area contributed by atoms with Gasteiger partial charge in [0.1, 0.15) is 17.5 Å². The van der Waals surface area contributed by atoms with Crippen LogP contribution in [0.4, 0.5) is 13.2 Å². The molecule has 1 rings (SSSR count). The molecule has 0 aliphatic heterocycles. The van der Waals surface area contributed by atoms with E-state index in [0.717, 1.165) is 4.31 Å². The van der Waals surface area contributed by atoms with E-state index in [1.54, 1.807) is 6.92 Å². The minimum Gasteiger partial charge on any atom is -0.329 e. The zero-order valence-corrected chi connectivity index (χ0v) is 11.2. The van der Waals surface area contributed by atoms with Gasteiger partial charge in [0.15, 0.2) is 4.90 Å². The lowest BCUT2D eigenvalue weighted by Gasteiger charge is -2.21. The summed E-state index contributed by atoms with van der Waals surface area (Å²) in [5.74, 6) is -4.07. The van der Waals surface area contributed by atoms with Gasteiger partial charge < -0.3 is 5.73 Å². The molecule has 1 aromatic carbocycles. The number of nitrogens with two attached hydrogens (primary N) is 1. The molecule has 0 aromatic heterocycles. The van der Waals surface area contributed by atoms with Crippen molar-refractivity contribution >= 4 is 10.0 Å². The van der Waals surface area contributed by atoms with E-state index in [4.69, 9.17) is 5.73 Å². The highest BCUT2D eigenvalue weighted by atomic mass is 32.2. The zero-order chi connectivity index (χ0) is 14.6. The molecule has 0 bridgehead atoms. The van der Waals surface area contributed by atoms with Crippen LogP contribution in [0.3, 0.4) is 0 Å². The molecule has 1 aromatic rings. The fraction of sp³-hybridized carbons (Fsp3) is 0.455. The average molecular weight is 296 g/mol. The number of hydrogen-bond acceptors (Lipinski definition) is 3. The van der Waals surface area contributed by atoms with Gasteiger partial charge in [0.05, 0.1) is 0 Å². The van der Waals surface area contributed by atoms with Crippen molar-refractivity contribution in [2.45, 2.75) is 18.2 Å². The van der Waals surface area contributed by atoms with E-state index in [9.17, 15) is 21.6 Å². The van der Waals surface area contributed by atoms with E-state index in [1.165, 1.54) is 0 Å². The topological polar surface area (TPSA) is 63.4 Å². The van der Waals surface area contributed by atoms with E-state index >= 15 is 0 Å². The molecule has 2 N–H and O–H groups in total. The molecule has 8 heteroatoms. The normalized spacial score (nSPS) is 12.1. The molecule has 0 fully saturated rings. The van der Waals surface area contributed by atoms with Gasteiger partial charge in [-0.1, -0.05) is 6.92 Å². The molecule has 0 saturated carbocycles. The Hall–Kier alpha value is -1.12. The third-order valence-electron chi connectivity index (χ3n) is 2.41. The average Bonchev–Trinajstić information content (AvgIpc) is 2.26. The fourth-order valence-corrected chi connectivity index (χ4v) is 3.29. The van der Waals surface area contributed by atoms with Crippen molar-refractivity contribution in [1.29, 1.82) is 0 Å². The maximum Gasteiger partial charge on any atom is 0.248 e. The molecule has 0 unspecified atom stereocenters. The second-order valence-electron chi connectivity index (χ2n) is 3.89. The highest BCUT2D eigenvalue weighted by Crippen LogP contribution is 2.23. The summed E-state index contributed by atoms with van der Waals surface area (Å²) in [5.41, 5.74) is 5.28. The first kappa shape index (κ1) is 15.9. The van der Waals surface area contributed by atoms with E-state index in [-0.39, 0.29) is 19.6 Å². The van der Waals surface area contributed by atoms with Crippen LogP contribution in [0, 0.1) is 17.5 Å². The van der Waals surface area contributed by atoms with Crippen LogP contribution in [-0.2, 0) is 10.0 Å². The smallest absolute Gasteiger partial charge is 0.248 e. The van der Waals surface area contributed by atoms with Crippen LogP contribution in [0.2, 0.25) is 0 Å². The van der Waals surface area contributed by atoms with Crippen LogP contribution < -0.4 is 5.73 Å². The second-order valence-corrected chi connectivity index (χ2v) is 5.77. The maximum atomic E-state index is 13.5. The van der Waals surface area contributed by atoms with Gasteiger partial charge >= 0.3 is 0 Å². The van der Waals surface area contributed by atoms with Crippen molar-refractivity contribution in [3.05, 3.63) is 29.6 Å². The van der Waals surface area contributed by atoms with Gasteiger partial charge in [0.25, 0.3) is 0 Å². The lowest BCUT2D eigenvalue weighted by atomic mass is 10.3. The lowest BCUT2D eigenvalue weighted by molar-refractivity contribution is 0.406. The standard InChI is InChI=1S/C11H15F3N2O2S/c1-2-4-16(5-3-15)19(17,18)11-9(13)6-8(12)7-10(11)14/h6-7H,2-5,15H2,1H3. The molecule has 0 radical (unpaired) electrons. The molecule has 19 heavy (non-hydrogen) atoms. The Morgan fingerprint density at radius 3 is 2.11 bits per heavy atom. The Labute approximate surface area is 110 Å². The number of rotatable bonds is 6. The summed E-state index contributed by atoms with van der Waals surface area (Å²) in [6.07, 6.45) is 0.462. The molecule has 0 aliphatic rings. The molecule has 4 nitrogen and oxygen atoms in total. The van der Waals surface area contributed by atoms with Crippen molar-refractivity contribution in [2.75, 3.05) is 19.6 Å². The van der Waals surface area contributed by atoms with Crippen LogP contribution in [0.1, 0.15) is 13.3 Å². The first-order valence-electron chi connectivity index (χ1n) is 5.69. The van der Waals surface area contributed by atoms with Crippen LogP contribution in [-0.4, -0.2) is 32.4 Å². The van der Waals surface area contributed by atoms with Crippen molar-refractivity contribution < 1.29 is 21.6 Å². The zero-order valence-electron chi connectivity index (χ0n) is 10.4. The van der Waals surface area contributed by atoms with Crippen LogP contribution >= 0.6 is 0 Å². The van der Waals surface area contributed by atoms with Gasteiger partial charge in [-0.3, -0.25) is 0 Å². The van der Waals surface area contributed by atoms with Gasteiger partial charge in [0.2, 0.25) is 10.0 Å². The predicted octanol–water partition coefficient (Wildman–Crippen LogP) is 1.46. The Morgan fingerprint density at radius 2 is 1.68 bits per heavy atom. The number of benzene rings is 1. The number of halogens is 3. The minimum atomic E-state index is -4.37. The van der Waals surface area contributed by atoms with Crippen LogP contribution in [0.5, 0.6) is 0 Å².